The Hall–Kier alpha value is -2.99. The predicted octanol–water partition coefficient (Wildman–Crippen LogP) is 3.61. The number of carbonyl (C=O) groups excluding carboxylic acids is 3. The van der Waals surface area contributed by atoms with E-state index in [0.29, 0.717) is 12.1 Å². The Labute approximate surface area is 171 Å². The summed E-state index contributed by atoms with van der Waals surface area (Å²) in [6.45, 7) is 2.43. The van der Waals surface area contributed by atoms with Gasteiger partial charge in [-0.2, -0.15) is 5.48 Å². The van der Waals surface area contributed by atoms with Crippen molar-refractivity contribution in [3.8, 4) is 0 Å². The van der Waals surface area contributed by atoms with Crippen molar-refractivity contribution in [3.63, 3.8) is 0 Å². The molecule has 2 aromatic rings. The molecule has 0 spiro atoms. The Kier molecular flexibility index (Phi) is 9.05. The van der Waals surface area contributed by atoms with Gasteiger partial charge in [0.15, 0.2) is 5.78 Å². The summed E-state index contributed by atoms with van der Waals surface area (Å²) in [6, 6.07) is 17.0. The van der Waals surface area contributed by atoms with Gasteiger partial charge in [0.1, 0.15) is 0 Å². The Balaban J connectivity index is 1.69. The van der Waals surface area contributed by atoms with Gasteiger partial charge in [0, 0.05) is 18.5 Å². The summed E-state index contributed by atoms with van der Waals surface area (Å²) in [5.74, 6) is -0.856. The highest BCUT2D eigenvalue weighted by Gasteiger charge is 2.14. The van der Waals surface area contributed by atoms with E-state index in [-0.39, 0.29) is 36.9 Å². The quantitative estimate of drug-likeness (QED) is 0.270. The summed E-state index contributed by atoms with van der Waals surface area (Å²) in [4.78, 5) is 40.4. The lowest BCUT2D eigenvalue weighted by Crippen LogP contribution is -2.22. The molecule has 0 bridgehead atoms. The largest absolute Gasteiger partial charge is 0.469 e. The van der Waals surface area contributed by atoms with Crippen LogP contribution in [-0.2, 0) is 25.6 Å². The summed E-state index contributed by atoms with van der Waals surface area (Å²) in [6.07, 6.45) is 1.12. The SMILES string of the molecule is COC(=O)CC(C)c1ccc(C(=O)CCC(=O)ONCCc2ccccc2)cc1. The topological polar surface area (TPSA) is 81.7 Å². The summed E-state index contributed by atoms with van der Waals surface area (Å²) in [5, 5.41) is 0. The zero-order valence-corrected chi connectivity index (χ0v) is 16.9. The van der Waals surface area contributed by atoms with E-state index in [0.717, 1.165) is 17.5 Å². The molecule has 29 heavy (non-hydrogen) atoms. The number of hydroxylamine groups is 1. The Morgan fingerprint density at radius 1 is 0.931 bits per heavy atom. The van der Waals surface area contributed by atoms with E-state index in [2.05, 4.69) is 10.2 Å². The minimum absolute atomic E-state index is 0.00328. The van der Waals surface area contributed by atoms with Crippen molar-refractivity contribution in [1.82, 2.24) is 5.48 Å². The third-order valence-corrected chi connectivity index (χ3v) is 4.60. The van der Waals surface area contributed by atoms with Gasteiger partial charge in [-0.15, -0.1) is 0 Å². The molecule has 2 aromatic carbocycles. The van der Waals surface area contributed by atoms with E-state index in [1.807, 2.05) is 49.4 Å². The molecule has 1 unspecified atom stereocenters. The third-order valence-electron chi connectivity index (χ3n) is 4.60. The van der Waals surface area contributed by atoms with Crippen LogP contribution in [0.4, 0.5) is 0 Å². The lowest BCUT2D eigenvalue weighted by molar-refractivity contribution is -0.151. The summed E-state index contributed by atoms with van der Waals surface area (Å²) in [5.41, 5.74) is 5.27. The second-order valence-electron chi connectivity index (χ2n) is 6.83. The first kappa shape index (κ1) is 22.3. The monoisotopic (exact) mass is 397 g/mol. The molecule has 6 heteroatoms. The van der Waals surface area contributed by atoms with Crippen molar-refractivity contribution in [2.45, 2.75) is 38.5 Å². The van der Waals surface area contributed by atoms with Crippen LogP contribution in [-0.4, -0.2) is 31.4 Å². The molecular weight excluding hydrogens is 370 g/mol. The number of nitrogens with one attached hydrogen (secondary N) is 1. The Bertz CT molecular complexity index is 802. The molecule has 0 aromatic heterocycles. The molecule has 154 valence electrons. The van der Waals surface area contributed by atoms with Crippen LogP contribution in [0, 0.1) is 0 Å². The molecule has 0 fully saturated rings. The first-order chi connectivity index (χ1) is 14.0. The lowest BCUT2D eigenvalue weighted by atomic mass is 9.95. The second-order valence-corrected chi connectivity index (χ2v) is 6.83. The van der Waals surface area contributed by atoms with Gasteiger partial charge >= 0.3 is 11.9 Å². The zero-order chi connectivity index (χ0) is 21.1. The second kappa shape index (κ2) is 11.8. The maximum atomic E-state index is 12.3. The fourth-order valence-corrected chi connectivity index (χ4v) is 2.83. The van der Waals surface area contributed by atoms with Gasteiger partial charge in [0.05, 0.1) is 20.0 Å². The first-order valence-electron chi connectivity index (χ1n) is 9.66. The van der Waals surface area contributed by atoms with E-state index in [9.17, 15) is 14.4 Å². The maximum absolute atomic E-state index is 12.3. The van der Waals surface area contributed by atoms with Gasteiger partial charge < -0.3 is 9.57 Å². The minimum atomic E-state index is -0.463. The molecule has 0 aliphatic rings. The van der Waals surface area contributed by atoms with E-state index in [1.54, 1.807) is 12.1 Å². The highest BCUT2D eigenvalue weighted by Crippen LogP contribution is 2.20. The average Bonchev–Trinajstić information content (AvgIpc) is 2.75. The smallest absolute Gasteiger partial charge is 0.325 e. The molecule has 0 amide bonds. The van der Waals surface area contributed by atoms with E-state index in [4.69, 9.17) is 4.84 Å². The molecule has 6 nitrogen and oxygen atoms in total. The molecule has 0 radical (unpaired) electrons. The van der Waals surface area contributed by atoms with Crippen molar-refractivity contribution in [3.05, 3.63) is 71.3 Å². The van der Waals surface area contributed by atoms with Crippen molar-refractivity contribution in [2.24, 2.45) is 0 Å². The summed E-state index contributed by atoms with van der Waals surface area (Å²) >= 11 is 0. The van der Waals surface area contributed by atoms with Gasteiger partial charge in [0.2, 0.25) is 0 Å². The van der Waals surface area contributed by atoms with E-state index >= 15 is 0 Å². The molecule has 0 aliphatic carbocycles. The lowest BCUT2D eigenvalue weighted by Gasteiger charge is -2.11. The third kappa shape index (κ3) is 7.87. The fourth-order valence-electron chi connectivity index (χ4n) is 2.83. The number of carbonyl (C=O) groups is 3. The molecule has 0 heterocycles. The number of hydrogen-bond acceptors (Lipinski definition) is 6. The number of hydrogen-bond donors (Lipinski definition) is 1. The van der Waals surface area contributed by atoms with Crippen molar-refractivity contribution in [1.29, 1.82) is 0 Å². The van der Waals surface area contributed by atoms with E-state index in [1.165, 1.54) is 7.11 Å². The highest BCUT2D eigenvalue weighted by atomic mass is 16.7. The zero-order valence-electron chi connectivity index (χ0n) is 16.9. The first-order valence-corrected chi connectivity index (χ1v) is 9.66. The molecule has 2 rings (SSSR count). The highest BCUT2D eigenvalue weighted by molar-refractivity contribution is 5.97. The van der Waals surface area contributed by atoms with Crippen LogP contribution in [0.3, 0.4) is 0 Å². The van der Waals surface area contributed by atoms with Crippen LogP contribution in [0.15, 0.2) is 54.6 Å². The number of benzene rings is 2. The standard InChI is InChI=1S/C23H27NO5/c1-17(16-23(27)28-2)19-8-10-20(11-9-19)21(25)12-13-22(26)29-24-15-14-18-6-4-3-5-7-18/h3-11,17,24H,12-16H2,1-2H3. The normalized spacial score (nSPS) is 11.5. The fraction of sp³-hybridized carbons (Fsp3) is 0.348. The van der Waals surface area contributed by atoms with Crippen LogP contribution in [0.1, 0.15) is 53.6 Å². The van der Waals surface area contributed by atoms with Gasteiger partial charge in [0.25, 0.3) is 0 Å². The molecule has 0 saturated carbocycles. The van der Waals surface area contributed by atoms with Crippen LogP contribution >= 0.6 is 0 Å². The minimum Gasteiger partial charge on any atom is -0.469 e. The average molecular weight is 397 g/mol. The van der Waals surface area contributed by atoms with Gasteiger partial charge in [-0.1, -0.05) is 61.5 Å². The molecule has 0 aliphatic heterocycles. The summed E-state index contributed by atoms with van der Waals surface area (Å²) in [7, 11) is 1.36. The Morgan fingerprint density at radius 3 is 2.28 bits per heavy atom. The summed E-state index contributed by atoms with van der Waals surface area (Å²) < 4.78 is 4.67. The van der Waals surface area contributed by atoms with Gasteiger partial charge in [-0.3, -0.25) is 14.4 Å². The Morgan fingerprint density at radius 2 is 1.62 bits per heavy atom. The van der Waals surface area contributed by atoms with Crippen LogP contribution < -0.4 is 5.48 Å². The molecule has 1 atom stereocenters. The molecule has 1 N–H and O–H groups in total. The number of rotatable bonds is 11. The number of methoxy groups -OCH3 is 1. The number of ether oxygens (including phenoxy) is 1. The van der Waals surface area contributed by atoms with Crippen molar-refractivity contribution >= 4 is 17.7 Å². The van der Waals surface area contributed by atoms with Crippen LogP contribution in [0.5, 0.6) is 0 Å². The number of ketones is 1. The van der Waals surface area contributed by atoms with Crippen molar-refractivity contribution < 1.29 is 24.0 Å². The number of Topliss-reactive ketones (excluding diaryl/α,β-unsaturated/α-hetero) is 1. The van der Waals surface area contributed by atoms with Gasteiger partial charge in [-0.05, 0) is 23.5 Å². The van der Waals surface area contributed by atoms with Crippen molar-refractivity contribution in [2.75, 3.05) is 13.7 Å². The van der Waals surface area contributed by atoms with Crippen LogP contribution in [0.25, 0.3) is 0 Å². The number of esters is 1. The van der Waals surface area contributed by atoms with Gasteiger partial charge in [-0.25, -0.2) is 0 Å². The molecular formula is C23H27NO5. The van der Waals surface area contributed by atoms with Crippen LogP contribution in [0.2, 0.25) is 0 Å². The maximum Gasteiger partial charge on any atom is 0.325 e. The predicted molar refractivity (Wildman–Crippen MR) is 109 cm³/mol. The molecule has 0 saturated heterocycles. The van der Waals surface area contributed by atoms with E-state index < -0.39 is 5.97 Å².